The van der Waals surface area contributed by atoms with Gasteiger partial charge in [0.25, 0.3) is 0 Å². The third-order valence-corrected chi connectivity index (χ3v) is 5.65. The summed E-state index contributed by atoms with van der Waals surface area (Å²) in [6.45, 7) is 4.86. The molecule has 2 atom stereocenters. The first-order valence-electron chi connectivity index (χ1n) is 8.59. The van der Waals surface area contributed by atoms with Gasteiger partial charge in [0.1, 0.15) is 9.84 Å². The number of halogens is 1. The van der Waals surface area contributed by atoms with Crippen LogP contribution in [-0.2, 0) is 9.84 Å². The summed E-state index contributed by atoms with van der Waals surface area (Å²) < 4.78 is 22.4. The maximum atomic E-state index is 11.2. The van der Waals surface area contributed by atoms with Crippen molar-refractivity contribution in [3.05, 3.63) is 35.9 Å². The zero-order valence-electron chi connectivity index (χ0n) is 15.3. The van der Waals surface area contributed by atoms with Crippen molar-refractivity contribution in [3.63, 3.8) is 0 Å². The Morgan fingerprint density at radius 2 is 2.00 bits per heavy atom. The van der Waals surface area contributed by atoms with E-state index in [1.807, 2.05) is 0 Å². The minimum Gasteiger partial charge on any atom is -0.356 e. The molecule has 0 aliphatic carbocycles. The fourth-order valence-corrected chi connectivity index (χ4v) is 4.07. The number of hydrogen-bond acceptors (Lipinski definition) is 3. The molecule has 2 rings (SSSR count). The van der Waals surface area contributed by atoms with Gasteiger partial charge in [-0.2, -0.15) is 0 Å². The summed E-state index contributed by atoms with van der Waals surface area (Å²) in [4.78, 5) is 6.64. The highest BCUT2D eigenvalue weighted by Crippen LogP contribution is 2.32. The first kappa shape index (κ1) is 22.2. The van der Waals surface area contributed by atoms with Gasteiger partial charge in [-0.1, -0.05) is 37.3 Å². The molecule has 1 heterocycles. The number of guanidine groups is 1. The summed E-state index contributed by atoms with van der Waals surface area (Å²) >= 11 is 0. The Bertz CT molecular complexity index is 650. The van der Waals surface area contributed by atoms with Gasteiger partial charge in [0, 0.05) is 32.9 Å². The van der Waals surface area contributed by atoms with Gasteiger partial charge in [-0.15, -0.1) is 24.0 Å². The van der Waals surface area contributed by atoms with Gasteiger partial charge in [-0.05, 0) is 30.2 Å². The van der Waals surface area contributed by atoms with E-state index in [-0.39, 0.29) is 29.7 Å². The molecule has 1 N–H and O–H groups in total. The second-order valence-corrected chi connectivity index (χ2v) is 8.95. The molecule has 0 spiro atoms. The Hall–Kier alpha value is -0.830. The van der Waals surface area contributed by atoms with E-state index >= 15 is 0 Å². The van der Waals surface area contributed by atoms with E-state index in [4.69, 9.17) is 0 Å². The van der Waals surface area contributed by atoms with Gasteiger partial charge in [-0.25, -0.2) is 8.42 Å². The molecule has 1 saturated heterocycles. The average molecular weight is 479 g/mol. The van der Waals surface area contributed by atoms with Gasteiger partial charge < -0.3 is 10.2 Å². The lowest BCUT2D eigenvalue weighted by atomic mass is 9.82. The van der Waals surface area contributed by atoms with Crippen LogP contribution >= 0.6 is 24.0 Å². The molecule has 0 radical (unpaired) electrons. The summed E-state index contributed by atoms with van der Waals surface area (Å²) in [6, 6.07) is 10.7. The number of aliphatic imine (C=N–C) groups is 1. The van der Waals surface area contributed by atoms with Crippen LogP contribution in [0.25, 0.3) is 0 Å². The zero-order valence-corrected chi connectivity index (χ0v) is 18.5. The summed E-state index contributed by atoms with van der Waals surface area (Å²) in [5.41, 5.74) is 1.42. The van der Waals surface area contributed by atoms with E-state index in [9.17, 15) is 8.42 Å². The minimum absolute atomic E-state index is 0. The van der Waals surface area contributed by atoms with Crippen molar-refractivity contribution >= 4 is 39.8 Å². The third-order valence-electron chi connectivity index (χ3n) is 4.62. The summed E-state index contributed by atoms with van der Waals surface area (Å²) in [7, 11) is -1.11. The first-order valence-corrected chi connectivity index (χ1v) is 10.6. The third kappa shape index (κ3) is 7.13. The molecule has 7 heteroatoms. The Labute approximate surface area is 169 Å². The van der Waals surface area contributed by atoms with Crippen LogP contribution in [0.5, 0.6) is 0 Å². The Morgan fingerprint density at radius 3 is 2.56 bits per heavy atom. The van der Waals surface area contributed by atoms with Crippen LogP contribution in [0.4, 0.5) is 0 Å². The van der Waals surface area contributed by atoms with E-state index in [1.54, 1.807) is 7.05 Å². The predicted molar refractivity (Wildman–Crippen MR) is 116 cm³/mol. The SMILES string of the molecule is CN=C(NCCCS(C)(=O)=O)N1CCC(c2ccccc2)C(C)C1.I. The standard InChI is InChI=1S/C18H29N3O2S.HI/c1-15-14-21(12-10-17(15)16-8-5-4-6-9-16)18(19-2)20-11-7-13-24(3,22)23;/h4-6,8-9,15,17H,7,10-14H2,1-3H3,(H,19,20);1H. The Balaban J connectivity index is 0.00000312. The van der Waals surface area contributed by atoms with Crippen molar-refractivity contribution in [1.82, 2.24) is 10.2 Å². The van der Waals surface area contributed by atoms with Crippen LogP contribution in [0, 0.1) is 5.92 Å². The predicted octanol–water partition coefficient (Wildman–Crippen LogP) is 2.74. The lowest BCUT2D eigenvalue weighted by Crippen LogP contribution is -2.48. The number of nitrogens with zero attached hydrogens (tertiary/aromatic N) is 2. The molecule has 1 aliphatic heterocycles. The van der Waals surface area contributed by atoms with E-state index in [0.29, 0.717) is 24.8 Å². The number of rotatable bonds is 5. The summed E-state index contributed by atoms with van der Waals surface area (Å²) in [5.74, 6) is 2.23. The topological polar surface area (TPSA) is 61.8 Å². The van der Waals surface area contributed by atoms with Gasteiger partial charge in [0.2, 0.25) is 0 Å². The molecule has 0 amide bonds. The monoisotopic (exact) mass is 479 g/mol. The quantitative estimate of drug-likeness (QED) is 0.306. The molecule has 1 aromatic carbocycles. The molecule has 5 nitrogen and oxygen atoms in total. The lowest BCUT2D eigenvalue weighted by Gasteiger charge is -2.39. The van der Waals surface area contributed by atoms with Gasteiger partial charge >= 0.3 is 0 Å². The van der Waals surface area contributed by atoms with Crippen LogP contribution < -0.4 is 5.32 Å². The van der Waals surface area contributed by atoms with Crippen molar-refractivity contribution in [1.29, 1.82) is 0 Å². The van der Waals surface area contributed by atoms with Crippen molar-refractivity contribution in [2.45, 2.75) is 25.7 Å². The fraction of sp³-hybridized carbons (Fsp3) is 0.611. The average Bonchev–Trinajstić information content (AvgIpc) is 2.55. The zero-order chi connectivity index (χ0) is 17.6. The maximum Gasteiger partial charge on any atom is 0.193 e. The molecule has 25 heavy (non-hydrogen) atoms. The Morgan fingerprint density at radius 1 is 1.32 bits per heavy atom. The van der Waals surface area contributed by atoms with Crippen LogP contribution in [0.2, 0.25) is 0 Å². The van der Waals surface area contributed by atoms with Crippen LogP contribution in [0.3, 0.4) is 0 Å². The lowest BCUT2D eigenvalue weighted by molar-refractivity contribution is 0.234. The smallest absolute Gasteiger partial charge is 0.193 e. The van der Waals surface area contributed by atoms with Gasteiger partial charge in [-0.3, -0.25) is 4.99 Å². The molecular formula is C18H30IN3O2S. The number of benzene rings is 1. The van der Waals surface area contributed by atoms with Crippen molar-refractivity contribution < 1.29 is 8.42 Å². The van der Waals surface area contributed by atoms with Crippen LogP contribution in [0.1, 0.15) is 31.2 Å². The maximum absolute atomic E-state index is 11.2. The number of nitrogens with one attached hydrogen (secondary N) is 1. The van der Waals surface area contributed by atoms with Crippen LogP contribution in [0.15, 0.2) is 35.3 Å². The number of hydrogen-bond donors (Lipinski definition) is 1. The van der Waals surface area contributed by atoms with Gasteiger partial charge in [0.15, 0.2) is 5.96 Å². The highest BCUT2D eigenvalue weighted by atomic mass is 127. The number of sulfone groups is 1. The Kier molecular flexibility index (Phi) is 9.20. The summed E-state index contributed by atoms with van der Waals surface area (Å²) in [6.07, 6.45) is 2.99. The second kappa shape index (κ2) is 10.4. The van der Waals surface area contributed by atoms with E-state index < -0.39 is 9.84 Å². The van der Waals surface area contributed by atoms with Crippen molar-refractivity contribution in [3.8, 4) is 0 Å². The largest absolute Gasteiger partial charge is 0.356 e. The molecule has 0 saturated carbocycles. The molecular weight excluding hydrogens is 449 g/mol. The van der Waals surface area contributed by atoms with Gasteiger partial charge in [0.05, 0.1) is 5.75 Å². The number of likely N-dealkylation sites (tertiary alicyclic amines) is 1. The molecule has 1 fully saturated rings. The van der Waals surface area contributed by atoms with E-state index in [2.05, 4.69) is 52.5 Å². The second-order valence-electron chi connectivity index (χ2n) is 6.69. The molecule has 1 aliphatic rings. The molecule has 142 valence electrons. The molecule has 1 aromatic rings. The summed E-state index contributed by atoms with van der Waals surface area (Å²) in [5, 5.41) is 3.30. The van der Waals surface area contributed by atoms with E-state index in [0.717, 1.165) is 25.5 Å². The van der Waals surface area contributed by atoms with E-state index in [1.165, 1.54) is 11.8 Å². The normalized spacial score (nSPS) is 21.6. The highest BCUT2D eigenvalue weighted by molar-refractivity contribution is 14.0. The van der Waals surface area contributed by atoms with Crippen molar-refractivity contribution in [2.75, 3.05) is 38.7 Å². The first-order chi connectivity index (χ1) is 11.4. The molecule has 0 bridgehead atoms. The van der Waals surface area contributed by atoms with Crippen molar-refractivity contribution in [2.24, 2.45) is 10.9 Å². The van der Waals surface area contributed by atoms with Crippen LogP contribution in [-0.4, -0.2) is 58.0 Å². The molecule has 0 aromatic heterocycles. The highest BCUT2D eigenvalue weighted by Gasteiger charge is 2.28. The fourth-order valence-electron chi connectivity index (χ4n) is 3.40. The minimum atomic E-state index is -2.89. The number of piperidine rings is 1. The molecule has 2 unspecified atom stereocenters.